The number of esters is 1. The second-order valence-electron chi connectivity index (χ2n) is 9.43. The van der Waals surface area contributed by atoms with Gasteiger partial charge in [-0.3, -0.25) is 14.5 Å². The second kappa shape index (κ2) is 8.07. The maximum atomic E-state index is 13.9. The summed E-state index contributed by atoms with van der Waals surface area (Å²) in [5.74, 6) is -3.66. The predicted molar refractivity (Wildman–Crippen MR) is 136 cm³/mol. The van der Waals surface area contributed by atoms with Gasteiger partial charge in [0.2, 0.25) is 11.8 Å². The number of rotatable bonds is 4. The molecule has 3 atom stereocenters. The van der Waals surface area contributed by atoms with Gasteiger partial charge < -0.3 is 4.74 Å². The van der Waals surface area contributed by atoms with Gasteiger partial charge in [-0.15, -0.1) is 23.2 Å². The number of carbonyl (C=O) groups is 3. The van der Waals surface area contributed by atoms with Crippen molar-refractivity contribution in [3.8, 4) is 0 Å². The molecule has 3 aromatic carbocycles. The molecule has 0 radical (unpaired) electrons. The van der Waals surface area contributed by atoms with Crippen molar-refractivity contribution in [1.29, 1.82) is 0 Å². The summed E-state index contributed by atoms with van der Waals surface area (Å²) in [4.78, 5) is 39.2. The Morgan fingerprint density at radius 3 is 1.67 bits per heavy atom. The van der Waals surface area contributed by atoms with Gasteiger partial charge in [0.25, 0.3) is 0 Å². The molecule has 0 spiro atoms. The van der Waals surface area contributed by atoms with E-state index in [4.69, 9.17) is 39.5 Å². The topological polar surface area (TPSA) is 63.7 Å². The Kier molecular flexibility index (Phi) is 5.28. The van der Waals surface area contributed by atoms with Crippen molar-refractivity contribution in [1.82, 2.24) is 4.90 Å². The number of alkyl halides is 2. The van der Waals surface area contributed by atoms with Crippen LogP contribution in [0, 0.1) is 11.8 Å². The molecule has 8 heteroatoms. The van der Waals surface area contributed by atoms with Crippen LogP contribution in [-0.4, -0.2) is 28.7 Å². The molecule has 2 amide bonds. The fourth-order valence-electron chi connectivity index (χ4n) is 6.03. The van der Waals surface area contributed by atoms with Crippen molar-refractivity contribution in [3.05, 3.63) is 106 Å². The number of carbonyl (C=O) groups excluding carboxylic acids is 3. The first kappa shape index (κ1) is 23.5. The number of hydrogen-bond acceptors (Lipinski definition) is 4. The van der Waals surface area contributed by atoms with Gasteiger partial charge in [0, 0.05) is 5.02 Å². The number of likely N-dealkylation sites (tertiary alicyclic amines) is 1. The third-order valence-electron chi connectivity index (χ3n) is 7.64. The van der Waals surface area contributed by atoms with Crippen molar-refractivity contribution in [2.75, 3.05) is 0 Å². The molecular weight excluding hydrogens is 521 g/mol. The lowest BCUT2D eigenvalue weighted by atomic mass is 9.54. The fraction of sp³-hybridized carbons (Fsp3) is 0.250. The molecule has 0 aromatic heterocycles. The minimum atomic E-state index is -1.29. The Morgan fingerprint density at radius 1 is 0.833 bits per heavy atom. The first-order valence-electron chi connectivity index (χ1n) is 11.6. The number of imide groups is 1. The number of ether oxygens (including phenoxy) is 1. The molecule has 182 valence electrons. The molecule has 36 heavy (non-hydrogen) atoms. The monoisotopic (exact) mass is 539 g/mol. The van der Waals surface area contributed by atoms with Crippen LogP contribution in [0.1, 0.15) is 34.7 Å². The molecule has 4 aliphatic rings. The van der Waals surface area contributed by atoms with Crippen LogP contribution >= 0.6 is 34.8 Å². The zero-order valence-electron chi connectivity index (χ0n) is 19.1. The highest BCUT2D eigenvalue weighted by molar-refractivity contribution is 6.36. The van der Waals surface area contributed by atoms with Crippen molar-refractivity contribution in [2.45, 2.75) is 29.3 Å². The number of halogens is 3. The lowest BCUT2D eigenvalue weighted by molar-refractivity contribution is -0.159. The van der Waals surface area contributed by atoms with Crippen LogP contribution < -0.4 is 0 Å². The van der Waals surface area contributed by atoms with Crippen molar-refractivity contribution < 1.29 is 19.1 Å². The third kappa shape index (κ3) is 2.94. The van der Waals surface area contributed by atoms with E-state index in [1.54, 1.807) is 24.3 Å². The van der Waals surface area contributed by atoms with E-state index in [1.807, 2.05) is 48.5 Å². The lowest BCUT2D eigenvalue weighted by Gasteiger charge is -2.54. The standard InChI is InChI=1S/C28H20Cl3NO4/c1-15(26(35)36-14-16-10-12-17(29)13-11-16)32-24(33)22-23(25(32)34)28(31)19-7-3-2-6-18(19)27(22,30)20-8-4-5-9-21(20)28/h2-13,15,22-23H,14H2,1H3/t15-,22-,23-,27?,28?/m1/s1. The fourth-order valence-corrected chi connectivity index (χ4v) is 7.26. The van der Waals surface area contributed by atoms with Crippen molar-refractivity contribution >= 4 is 52.6 Å². The van der Waals surface area contributed by atoms with E-state index in [2.05, 4.69) is 0 Å². The number of nitrogens with zero attached hydrogens (tertiary/aromatic N) is 1. The molecule has 1 aliphatic heterocycles. The summed E-state index contributed by atoms with van der Waals surface area (Å²) in [6, 6.07) is 20.5. The molecule has 3 aromatic rings. The van der Waals surface area contributed by atoms with E-state index < -0.39 is 45.4 Å². The van der Waals surface area contributed by atoms with Crippen molar-refractivity contribution in [3.63, 3.8) is 0 Å². The third-order valence-corrected chi connectivity index (χ3v) is 9.18. The Bertz CT molecular complexity index is 1320. The van der Waals surface area contributed by atoms with Gasteiger partial charge in [0.15, 0.2) is 0 Å². The normalized spacial score (nSPS) is 28.4. The van der Waals surface area contributed by atoms with E-state index in [1.165, 1.54) is 6.92 Å². The molecule has 1 saturated heterocycles. The SMILES string of the molecule is C[C@H](C(=O)OCc1ccc(Cl)cc1)N1C(=O)[C@H]2[C@H](C1=O)C1(Cl)c3ccccc3C2(Cl)c2ccccc21. The molecule has 7 rings (SSSR count). The van der Waals surface area contributed by atoms with Gasteiger partial charge in [-0.1, -0.05) is 72.3 Å². The zero-order chi connectivity index (χ0) is 25.4. The van der Waals surface area contributed by atoms with E-state index in [0.29, 0.717) is 27.3 Å². The maximum absolute atomic E-state index is 13.9. The molecule has 3 aliphatic carbocycles. The average Bonchev–Trinajstić information content (AvgIpc) is 3.17. The first-order valence-corrected chi connectivity index (χ1v) is 12.7. The van der Waals surface area contributed by atoms with Crippen molar-refractivity contribution in [2.24, 2.45) is 11.8 Å². The van der Waals surface area contributed by atoms with Gasteiger partial charge in [0.1, 0.15) is 22.4 Å². The highest BCUT2D eigenvalue weighted by Crippen LogP contribution is 2.69. The van der Waals surface area contributed by atoms with E-state index in [-0.39, 0.29) is 6.61 Å². The van der Waals surface area contributed by atoms with E-state index >= 15 is 0 Å². The highest BCUT2D eigenvalue weighted by Gasteiger charge is 2.73. The number of hydrogen-bond donors (Lipinski definition) is 0. The Hall–Kier alpha value is -2.86. The Balaban J connectivity index is 1.38. The summed E-state index contributed by atoms with van der Waals surface area (Å²) in [6.45, 7) is 1.47. The molecule has 5 nitrogen and oxygen atoms in total. The lowest BCUT2D eigenvalue weighted by Crippen LogP contribution is -2.57. The smallest absolute Gasteiger partial charge is 0.329 e. The van der Waals surface area contributed by atoms with Gasteiger partial charge in [-0.2, -0.15) is 0 Å². The molecular formula is C28H20Cl3NO4. The summed E-state index contributed by atoms with van der Waals surface area (Å²) >= 11 is 20.7. The van der Waals surface area contributed by atoms with Gasteiger partial charge in [0.05, 0.1) is 11.8 Å². The molecule has 1 fully saturated rings. The van der Waals surface area contributed by atoms with E-state index in [0.717, 1.165) is 10.5 Å². The summed E-state index contributed by atoms with van der Waals surface area (Å²) in [7, 11) is 0. The van der Waals surface area contributed by atoms with Crippen LogP contribution in [-0.2, 0) is 35.5 Å². The minimum absolute atomic E-state index is 0.0147. The Labute approximate surface area is 222 Å². The minimum Gasteiger partial charge on any atom is -0.459 e. The highest BCUT2D eigenvalue weighted by atomic mass is 35.5. The maximum Gasteiger partial charge on any atom is 0.329 e. The number of amides is 2. The van der Waals surface area contributed by atoms with Crippen LogP contribution in [0.4, 0.5) is 0 Å². The second-order valence-corrected chi connectivity index (χ2v) is 11.1. The molecule has 0 N–H and O–H groups in total. The van der Waals surface area contributed by atoms with Crippen LogP contribution in [0.25, 0.3) is 0 Å². The van der Waals surface area contributed by atoms with Crippen LogP contribution in [0.15, 0.2) is 72.8 Å². The van der Waals surface area contributed by atoms with Crippen LogP contribution in [0.3, 0.4) is 0 Å². The molecule has 0 unspecified atom stereocenters. The molecule has 0 saturated carbocycles. The summed E-state index contributed by atoms with van der Waals surface area (Å²) in [5, 5.41) is 0.566. The van der Waals surface area contributed by atoms with E-state index in [9.17, 15) is 14.4 Å². The van der Waals surface area contributed by atoms with Gasteiger partial charge >= 0.3 is 5.97 Å². The quantitative estimate of drug-likeness (QED) is 0.254. The molecule has 1 heterocycles. The molecule has 2 bridgehead atoms. The van der Waals surface area contributed by atoms with Gasteiger partial charge in [-0.25, -0.2) is 4.79 Å². The largest absolute Gasteiger partial charge is 0.459 e. The summed E-state index contributed by atoms with van der Waals surface area (Å²) < 4.78 is 5.44. The number of benzene rings is 3. The summed E-state index contributed by atoms with van der Waals surface area (Å²) in [5.41, 5.74) is 3.58. The average molecular weight is 541 g/mol. The van der Waals surface area contributed by atoms with Crippen LogP contribution in [0.5, 0.6) is 0 Å². The predicted octanol–water partition coefficient (Wildman–Crippen LogP) is 5.36. The summed E-state index contributed by atoms with van der Waals surface area (Å²) in [6.07, 6.45) is 0. The Morgan fingerprint density at radius 2 is 1.25 bits per heavy atom. The van der Waals surface area contributed by atoms with Gasteiger partial charge in [-0.05, 0) is 46.9 Å². The first-order chi connectivity index (χ1) is 17.2. The van der Waals surface area contributed by atoms with Crippen LogP contribution in [0.2, 0.25) is 5.02 Å². The zero-order valence-corrected chi connectivity index (χ0v) is 21.3.